The largest absolute Gasteiger partial charge is 0.508 e. The molecule has 0 saturated heterocycles. The molecule has 0 aromatic carbocycles. The van der Waals surface area contributed by atoms with Gasteiger partial charge in [0.15, 0.2) is 0 Å². The number of nitrogens with zero attached hydrogens (tertiary/aromatic N) is 1. The van der Waals surface area contributed by atoms with Gasteiger partial charge < -0.3 is 9.67 Å². The standard InChI is InChI=1S/C11H15NO2/c1-8-6-10(13)7-11(14)12(8)9-4-2-3-5-9/h6-7,9,13H,2-5H2,1H3. The lowest BCUT2D eigenvalue weighted by atomic mass is 10.2. The molecule has 1 N–H and O–H groups in total. The van der Waals surface area contributed by atoms with Gasteiger partial charge in [-0.25, -0.2) is 0 Å². The van der Waals surface area contributed by atoms with Crippen LogP contribution < -0.4 is 5.56 Å². The summed E-state index contributed by atoms with van der Waals surface area (Å²) in [7, 11) is 0. The molecule has 0 atom stereocenters. The van der Waals surface area contributed by atoms with Crippen molar-refractivity contribution in [1.82, 2.24) is 4.57 Å². The lowest BCUT2D eigenvalue weighted by molar-refractivity contribution is 0.454. The second kappa shape index (κ2) is 3.48. The Balaban J connectivity index is 2.46. The van der Waals surface area contributed by atoms with Gasteiger partial charge in [0.25, 0.3) is 5.56 Å². The molecule has 2 rings (SSSR count). The highest BCUT2D eigenvalue weighted by Crippen LogP contribution is 2.29. The highest BCUT2D eigenvalue weighted by molar-refractivity contribution is 5.22. The van der Waals surface area contributed by atoms with Crippen LogP contribution in [0.1, 0.15) is 37.4 Å². The van der Waals surface area contributed by atoms with E-state index in [1.165, 1.54) is 18.9 Å². The third-order valence-corrected chi connectivity index (χ3v) is 2.94. The van der Waals surface area contributed by atoms with E-state index in [4.69, 9.17) is 0 Å². The quantitative estimate of drug-likeness (QED) is 0.741. The molecule has 14 heavy (non-hydrogen) atoms. The summed E-state index contributed by atoms with van der Waals surface area (Å²) in [5, 5.41) is 9.25. The van der Waals surface area contributed by atoms with Crippen LogP contribution in [0, 0.1) is 6.92 Å². The van der Waals surface area contributed by atoms with Crippen molar-refractivity contribution in [3.8, 4) is 5.75 Å². The molecule has 0 radical (unpaired) electrons. The Kier molecular flexibility index (Phi) is 2.32. The van der Waals surface area contributed by atoms with Gasteiger partial charge in [-0.15, -0.1) is 0 Å². The van der Waals surface area contributed by atoms with Gasteiger partial charge >= 0.3 is 0 Å². The maximum Gasteiger partial charge on any atom is 0.254 e. The van der Waals surface area contributed by atoms with Crippen LogP contribution in [-0.4, -0.2) is 9.67 Å². The molecule has 76 valence electrons. The fourth-order valence-corrected chi connectivity index (χ4v) is 2.33. The van der Waals surface area contributed by atoms with Crippen LogP contribution in [0.4, 0.5) is 0 Å². The Morgan fingerprint density at radius 3 is 2.57 bits per heavy atom. The Labute approximate surface area is 83.0 Å². The minimum atomic E-state index is -0.0746. The van der Waals surface area contributed by atoms with Crippen LogP contribution in [0.3, 0.4) is 0 Å². The van der Waals surface area contributed by atoms with Crippen LogP contribution in [0.15, 0.2) is 16.9 Å². The fraction of sp³-hybridized carbons (Fsp3) is 0.545. The average molecular weight is 193 g/mol. The van der Waals surface area contributed by atoms with Crippen LogP contribution >= 0.6 is 0 Å². The first kappa shape index (κ1) is 9.31. The number of aromatic nitrogens is 1. The van der Waals surface area contributed by atoms with Crippen molar-refractivity contribution in [1.29, 1.82) is 0 Å². The van der Waals surface area contributed by atoms with Gasteiger partial charge in [0.1, 0.15) is 5.75 Å². The molecule has 1 fully saturated rings. The average Bonchev–Trinajstić information content (AvgIpc) is 2.54. The third-order valence-electron chi connectivity index (χ3n) is 2.94. The zero-order valence-corrected chi connectivity index (χ0v) is 8.36. The van der Waals surface area contributed by atoms with E-state index < -0.39 is 0 Å². The summed E-state index contributed by atoms with van der Waals surface area (Å²) in [5.41, 5.74) is 0.788. The molecule has 0 unspecified atom stereocenters. The van der Waals surface area contributed by atoms with Crippen molar-refractivity contribution in [2.24, 2.45) is 0 Å². The third kappa shape index (κ3) is 1.54. The van der Waals surface area contributed by atoms with Crippen molar-refractivity contribution in [2.75, 3.05) is 0 Å². The number of pyridine rings is 1. The SMILES string of the molecule is Cc1cc(O)cc(=O)n1C1CCCC1. The summed E-state index contributed by atoms with van der Waals surface area (Å²) in [6.45, 7) is 1.87. The summed E-state index contributed by atoms with van der Waals surface area (Å²) in [6.07, 6.45) is 4.59. The summed E-state index contributed by atoms with van der Waals surface area (Å²) < 4.78 is 1.81. The van der Waals surface area contributed by atoms with Gasteiger partial charge in [-0.1, -0.05) is 12.8 Å². The first-order valence-corrected chi connectivity index (χ1v) is 5.10. The Bertz CT molecular complexity index is 389. The zero-order valence-electron chi connectivity index (χ0n) is 8.36. The molecule has 1 saturated carbocycles. The smallest absolute Gasteiger partial charge is 0.254 e. The van der Waals surface area contributed by atoms with Gasteiger partial charge in [0.2, 0.25) is 0 Å². The van der Waals surface area contributed by atoms with E-state index in [0.717, 1.165) is 18.5 Å². The number of hydrogen-bond donors (Lipinski definition) is 1. The minimum Gasteiger partial charge on any atom is -0.508 e. The van der Waals surface area contributed by atoms with Gasteiger partial charge in [0.05, 0.1) is 0 Å². The second-order valence-corrected chi connectivity index (χ2v) is 4.00. The molecule has 3 heteroatoms. The topological polar surface area (TPSA) is 42.2 Å². The number of aryl methyl sites for hydroxylation is 1. The second-order valence-electron chi connectivity index (χ2n) is 4.00. The summed E-state index contributed by atoms with van der Waals surface area (Å²) >= 11 is 0. The molecule has 1 aromatic heterocycles. The molecule has 1 aromatic rings. The van der Waals surface area contributed by atoms with Crippen molar-refractivity contribution >= 4 is 0 Å². The van der Waals surface area contributed by atoms with Crippen molar-refractivity contribution in [2.45, 2.75) is 38.6 Å². The minimum absolute atomic E-state index is 0.0711. The summed E-state index contributed by atoms with van der Waals surface area (Å²) in [5.74, 6) is 0.0711. The van der Waals surface area contributed by atoms with Crippen LogP contribution in [-0.2, 0) is 0 Å². The van der Waals surface area contributed by atoms with Crippen molar-refractivity contribution < 1.29 is 5.11 Å². The molecule has 0 bridgehead atoms. The molecule has 0 amide bonds. The van der Waals surface area contributed by atoms with Crippen LogP contribution in [0.2, 0.25) is 0 Å². The highest BCUT2D eigenvalue weighted by atomic mass is 16.3. The first-order chi connectivity index (χ1) is 6.68. The summed E-state index contributed by atoms with van der Waals surface area (Å²) in [4.78, 5) is 11.7. The molecule has 1 heterocycles. The van der Waals surface area contributed by atoms with Crippen molar-refractivity contribution in [3.05, 3.63) is 28.2 Å². The molecular formula is C11H15NO2. The predicted octanol–water partition coefficient (Wildman–Crippen LogP) is 1.98. The van der Waals surface area contributed by atoms with E-state index in [2.05, 4.69) is 0 Å². The number of aromatic hydroxyl groups is 1. The molecule has 1 aliphatic carbocycles. The lowest BCUT2D eigenvalue weighted by Gasteiger charge is -2.16. The normalized spacial score (nSPS) is 17.5. The monoisotopic (exact) mass is 193 g/mol. The molecule has 3 nitrogen and oxygen atoms in total. The number of hydrogen-bond acceptors (Lipinski definition) is 2. The van der Waals surface area contributed by atoms with Gasteiger partial charge in [-0.05, 0) is 25.8 Å². The van der Waals surface area contributed by atoms with Crippen LogP contribution in [0.5, 0.6) is 5.75 Å². The van der Waals surface area contributed by atoms with E-state index in [0.29, 0.717) is 6.04 Å². The Morgan fingerprint density at radius 1 is 1.36 bits per heavy atom. The molecular weight excluding hydrogens is 178 g/mol. The van der Waals surface area contributed by atoms with E-state index in [1.807, 2.05) is 11.5 Å². The zero-order chi connectivity index (χ0) is 10.1. The number of rotatable bonds is 1. The molecule has 0 spiro atoms. The van der Waals surface area contributed by atoms with Gasteiger partial charge in [0, 0.05) is 17.8 Å². The van der Waals surface area contributed by atoms with Gasteiger partial charge in [-0.3, -0.25) is 4.79 Å². The van der Waals surface area contributed by atoms with E-state index in [9.17, 15) is 9.90 Å². The predicted molar refractivity (Wildman–Crippen MR) is 54.6 cm³/mol. The maximum atomic E-state index is 11.7. The Hall–Kier alpha value is -1.25. The van der Waals surface area contributed by atoms with E-state index >= 15 is 0 Å². The Morgan fingerprint density at radius 2 is 2.00 bits per heavy atom. The molecule has 1 aliphatic rings. The van der Waals surface area contributed by atoms with E-state index in [1.54, 1.807) is 6.07 Å². The molecule has 0 aliphatic heterocycles. The summed E-state index contributed by atoms with van der Waals surface area (Å²) in [6, 6.07) is 3.30. The van der Waals surface area contributed by atoms with E-state index in [-0.39, 0.29) is 11.3 Å². The lowest BCUT2D eigenvalue weighted by Crippen LogP contribution is -2.24. The fourth-order valence-electron chi connectivity index (χ4n) is 2.33. The maximum absolute atomic E-state index is 11.7. The van der Waals surface area contributed by atoms with Gasteiger partial charge in [-0.2, -0.15) is 0 Å². The van der Waals surface area contributed by atoms with Crippen molar-refractivity contribution in [3.63, 3.8) is 0 Å². The highest BCUT2D eigenvalue weighted by Gasteiger charge is 2.19. The first-order valence-electron chi connectivity index (χ1n) is 5.10. The van der Waals surface area contributed by atoms with Crippen LogP contribution in [0.25, 0.3) is 0 Å².